The summed E-state index contributed by atoms with van der Waals surface area (Å²) < 4.78 is 5.30. The number of hydrogen-bond acceptors (Lipinski definition) is 4. The molecule has 1 fully saturated rings. The van der Waals surface area contributed by atoms with Crippen LogP contribution in [0.1, 0.15) is 60.8 Å². The van der Waals surface area contributed by atoms with Gasteiger partial charge < -0.3 is 10.1 Å². The van der Waals surface area contributed by atoms with E-state index in [2.05, 4.69) is 37.9 Å². The quantitative estimate of drug-likeness (QED) is 0.700. The first-order chi connectivity index (χ1) is 9.84. The number of nitrogens with one attached hydrogen (secondary N) is 1. The maximum atomic E-state index is 12.4. The van der Waals surface area contributed by atoms with Crippen molar-refractivity contribution in [1.82, 2.24) is 10.2 Å². The van der Waals surface area contributed by atoms with Crippen LogP contribution in [-0.2, 0) is 9.53 Å². The van der Waals surface area contributed by atoms with Crippen LogP contribution < -0.4 is 5.32 Å². The minimum absolute atomic E-state index is 0.120. The van der Waals surface area contributed by atoms with Crippen LogP contribution >= 0.6 is 0 Å². The first kappa shape index (κ1) is 18.4. The van der Waals surface area contributed by atoms with Gasteiger partial charge in [-0.25, -0.2) is 0 Å². The lowest BCUT2D eigenvalue weighted by molar-refractivity contribution is -0.151. The van der Waals surface area contributed by atoms with E-state index in [0.29, 0.717) is 18.7 Å². The van der Waals surface area contributed by atoms with E-state index in [9.17, 15) is 4.79 Å². The zero-order valence-corrected chi connectivity index (χ0v) is 14.7. The van der Waals surface area contributed by atoms with E-state index >= 15 is 0 Å². The molecule has 4 unspecified atom stereocenters. The van der Waals surface area contributed by atoms with Gasteiger partial charge in [-0.05, 0) is 59.4 Å². The standard InChI is InChI=1S/C17H34N2O2/c1-7-9-18-17(6,16(20)21-8-2)11-15(5)19-12-13(3)10-14(19)4/h13-15,18H,7-12H2,1-6H3. The van der Waals surface area contributed by atoms with E-state index in [4.69, 9.17) is 4.74 Å². The molecule has 1 heterocycles. The van der Waals surface area contributed by atoms with Gasteiger partial charge in [-0.2, -0.15) is 0 Å². The number of hydrogen-bond donors (Lipinski definition) is 1. The van der Waals surface area contributed by atoms with Crippen LogP contribution in [0.15, 0.2) is 0 Å². The molecule has 0 aliphatic carbocycles. The maximum Gasteiger partial charge on any atom is 0.326 e. The third kappa shape index (κ3) is 4.96. The molecule has 0 saturated carbocycles. The molecule has 4 atom stereocenters. The fourth-order valence-electron chi connectivity index (χ4n) is 3.57. The summed E-state index contributed by atoms with van der Waals surface area (Å²) in [6.07, 6.45) is 3.06. The topological polar surface area (TPSA) is 41.6 Å². The van der Waals surface area contributed by atoms with Crippen molar-refractivity contribution in [2.75, 3.05) is 19.7 Å². The number of nitrogens with zero attached hydrogens (tertiary/aromatic N) is 1. The maximum absolute atomic E-state index is 12.4. The molecule has 0 amide bonds. The largest absolute Gasteiger partial charge is 0.465 e. The molecule has 1 N–H and O–H groups in total. The predicted molar refractivity (Wildman–Crippen MR) is 87.4 cm³/mol. The van der Waals surface area contributed by atoms with Crippen LogP contribution in [0.25, 0.3) is 0 Å². The molecule has 0 radical (unpaired) electrons. The van der Waals surface area contributed by atoms with Gasteiger partial charge in [-0.1, -0.05) is 13.8 Å². The van der Waals surface area contributed by atoms with Crippen molar-refractivity contribution in [1.29, 1.82) is 0 Å². The average Bonchev–Trinajstić information content (AvgIpc) is 2.75. The Hall–Kier alpha value is -0.610. The van der Waals surface area contributed by atoms with Crippen molar-refractivity contribution in [3.05, 3.63) is 0 Å². The zero-order valence-electron chi connectivity index (χ0n) is 14.7. The third-order valence-corrected chi connectivity index (χ3v) is 4.59. The monoisotopic (exact) mass is 298 g/mol. The second-order valence-corrected chi connectivity index (χ2v) is 6.92. The van der Waals surface area contributed by atoms with Gasteiger partial charge in [0, 0.05) is 18.6 Å². The highest BCUT2D eigenvalue weighted by Crippen LogP contribution is 2.28. The molecule has 0 aromatic heterocycles. The van der Waals surface area contributed by atoms with Crippen molar-refractivity contribution >= 4 is 5.97 Å². The Morgan fingerprint density at radius 1 is 1.43 bits per heavy atom. The van der Waals surface area contributed by atoms with Crippen LogP contribution in [0.4, 0.5) is 0 Å². The molecule has 1 aliphatic rings. The second-order valence-electron chi connectivity index (χ2n) is 6.92. The van der Waals surface area contributed by atoms with Crippen LogP contribution in [0.5, 0.6) is 0 Å². The SMILES string of the molecule is CCCNC(C)(CC(C)N1CC(C)CC1C)C(=O)OCC. The first-order valence-corrected chi connectivity index (χ1v) is 8.52. The van der Waals surface area contributed by atoms with Gasteiger partial charge in [0.05, 0.1) is 6.61 Å². The van der Waals surface area contributed by atoms with E-state index in [1.54, 1.807) is 0 Å². The Bertz CT molecular complexity index is 335. The number of ether oxygens (including phenoxy) is 1. The Labute approximate surface area is 130 Å². The molecule has 0 aromatic rings. The second kappa shape index (κ2) is 8.14. The minimum atomic E-state index is -0.586. The van der Waals surface area contributed by atoms with E-state index in [-0.39, 0.29) is 5.97 Å². The fourth-order valence-corrected chi connectivity index (χ4v) is 3.57. The van der Waals surface area contributed by atoms with Crippen LogP contribution in [-0.4, -0.2) is 48.2 Å². The Kier molecular flexibility index (Phi) is 7.14. The number of carbonyl (C=O) groups excluding carboxylic acids is 1. The molecule has 0 spiro atoms. The summed E-state index contributed by atoms with van der Waals surface area (Å²) in [6, 6.07) is 0.983. The Morgan fingerprint density at radius 2 is 2.10 bits per heavy atom. The number of carbonyl (C=O) groups is 1. The highest BCUT2D eigenvalue weighted by molar-refractivity contribution is 5.80. The van der Waals surface area contributed by atoms with Crippen molar-refractivity contribution in [2.45, 2.75) is 78.4 Å². The van der Waals surface area contributed by atoms with Gasteiger partial charge in [-0.3, -0.25) is 9.69 Å². The van der Waals surface area contributed by atoms with Gasteiger partial charge in [0.2, 0.25) is 0 Å². The van der Waals surface area contributed by atoms with Gasteiger partial charge in [0.1, 0.15) is 5.54 Å². The normalized spacial score (nSPS) is 27.3. The average molecular weight is 298 g/mol. The molecule has 1 rings (SSSR count). The summed E-state index contributed by atoms with van der Waals surface area (Å²) in [5.74, 6) is 0.630. The summed E-state index contributed by atoms with van der Waals surface area (Å²) in [5.41, 5.74) is -0.586. The highest BCUT2D eigenvalue weighted by Gasteiger charge is 2.39. The summed E-state index contributed by atoms with van der Waals surface area (Å²) in [7, 11) is 0. The van der Waals surface area contributed by atoms with Crippen molar-refractivity contribution in [2.24, 2.45) is 5.92 Å². The van der Waals surface area contributed by atoms with Crippen LogP contribution in [0.2, 0.25) is 0 Å². The molecular formula is C17H34N2O2. The first-order valence-electron chi connectivity index (χ1n) is 8.52. The van der Waals surface area contributed by atoms with Gasteiger partial charge in [-0.15, -0.1) is 0 Å². The summed E-state index contributed by atoms with van der Waals surface area (Å²) in [6.45, 7) is 15.2. The number of rotatable bonds is 8. The zero-order chi connectivity index (χ0) is 16.0. The lowest BCUT2D eigenvalue weighted by Crippen LogP contribution is -2.54. The molecular weight excluding hydrogens is 264 g/mol. The molecule has 0 bridgehead atoms. The molecule has 1 saturated heterocycles. The van der Waals surface area contributed by atoms with E-state index < -0.39 is 5.54 Å². The number of esters is 1. The van der Waals surface area contributed by atoms with E-state index in [1.807, 2.05) is 13.8 Å². The molecule has 0 aromatic carbocycles. The lowest BCUT2D eigenvalue weighted by atomic mass is 9.92. The van der Waals surface area contributed by atoms with Crippen molar-refractivity contribution in [3.8, 4) is 0 Å². The van der Waals surface area contributed by atoms with E-state index in [1.165, 1.54) is 6.42 Å². The van der Waals surface area contributed by atoms with Gasteiger partial charge >= 0.3 is 5.97 Å². The Morgan fingerprint density at radius 3 is 2.57 bits per heavy atom. The lowest BCUT2D eigenvalue weighted by Gasteiger charge is -2.36. The minimum Gasteiger partial charge on any atom is -0.465 e. The molecule has 21 heavy (non-hydrogen) atoms. The van der Waals surface area contributed by atoms with E-state index in [0.717, 1.165) is 31.8 Å². The van der Waals surface area contributed by atoms with Crippen LogP contribution in [0.3, 0.4) is 0 Å². The summed E-state index contributed by atoms with van der Waals surface area (Å²) in [4.78, 5) is 14.9. The predicted octanol–water partition coefficient (Wildman–Crippen LogP) is 2.82. The molecule has 1 aliphatic heterocycles. The highest BCUT2D eigenvalue weighted by atomic mass is 16.5. The van der Waals surface area contributed by atoms with Crippen molar-refractivity contribution < 1.29 is 9.53 Å². The van der Waals surface area contributed by atoms with Crippen molar-refractivity contribution in [3.63, 3.8) is 0 Å². The van der Waals surface area contributed by atoms with Crippen LogP contribution in [0, 0.1) is 5.92 Å². The summed E-state index contributed by atoms with van der Waals surface area (Å²) >= 11 is 0. The van der Waals surface area contributed by atoms with Gasteiger partial charge in [0.25, 0.3) is 0 Å². The third-order valence-electron chi connectivity index (χ3n) is 4.59. The molecule has 4 heteroatoms. The Balaban J connectivity index is 2.73. The fraction of sp³-hybridized carbons (Fsp3) is 0.941. The summed E-state index contributed by atoms with van der Waals surface area (Å²) in [5, 5.41) is 3.41. The smallest absolute Gasteiger partial charge is 0.326 e. The molecule has 124 valence electrons. The van der Waals surface area contributed by atoms with Gasteiger partial charge in [0.15, 0.2) is 0 Å². The molecule has 4 nitrogen and oxygen atoms in total. The number of likely N-dealkylation sites (tertiary alicyclic amines) is 1.